The maximum atomic E-state index is 11.1. The molecule has 0 saturated carbocycles. The number of carbonyl (C=O) groups is 1. The number of hydrogen-bond acceptors (Lipinski definition) is 3. The van der Waals surface area contributed by atoms with Gasteiger partial charge in [0.15, 0.2) is 0 Å². The average Bonchev–Trinajstić information content (AvgIpc) is 2.08. The second-order valence-electron chi connectivity index (χ2n) is 3.52. The van der Waals surface area contributed by atoms with Crippen LogP contribution in [-0.2, 0) is 9.53 Å². The van der Waals surface area contributed by atoms with Crippen LogP contribution in [0.1, 0.15) is 27.2 Å². The van der Waals surface area contributed by atoms with Crippen molar-refractivity contribution in [1.82, 2.24) is 0 Å². The first-order valence-corrected chi connectivity index (χ1v) is 4.46. The molecular formula is C9H16O3. The molecule has 0 aromatic rings. The monoisotopic (exact) mass is 172 g/mol. The predicted octanol–water partition coefficient (Wildman–Crippen LogP) is 0.955. The van der Waals surface area contributed by atoms with Crippen molar-refractivity contribution in [2.45, 2.75) is 39.4 Å². The summed E-state index contributed by atoms with van der Waals surface area (Å²) in [4.78, 5) is 11.1. The molecule has 4 atom stereocenters. The fourth-order valence-corrected chi connectivity index (χ4v) is 1.63. The van der Waals surface area contributed by atoms with Gasteiger partial charge < -0.3 is 9.84 Å². The molecular weight excluding hydrogens is 156 g/mol. The molecule has 0 amide bonds. The van der Waals surface area contributed by atoms with Crippen LogP contribution in [0.25, 0.3) is 0 Å². The third-order valence-corrected chi connectivity index (χ3v) is 2.68. The standard InChI is InChI=1S/C9H16O3/c1-4-7-5(2)8(10)6(3)9(11)12-7/h5-8,10H,4H2,1-3H3/t5-,6-,7+,8-/m0/s1. The number of aliphatic hydroxyl groups excluding tert-OH is 1. The third kappa shape index (κ3) is 1.46. The third-order valence-electron chi connectivity index (χ3n) is 2.68. The molecule has 0 aromatic heterocycles. The van der Waals surface area contributed by atoms with Gasteiger partial charge in [-0.1, -0.05) is 13.8 Å². The van der Waals surface area contributed by atoms with Crippen LogP contribution in [0.5, 0.6) is 0 Å². The lowest BCUT2D eigenvalue weighted by atomic mass is 9.85. The minimum Gasteiger partial charge on any atom is -0.462 e. The summed E-state index contributed by atoms with van der Waals surface area (Å²) in [5.74, 6) is -0.585. The number of rotatable bonds is 1. The van der Waals surface area contributed by atoms with Crippen molar-refractivity contribution in [2.24, 2.45) is 11.8 Å². The summed E-state index contributed by atoms with van der Waals surface area (Å²) in [6, 6.07) is 0. The summed E-state index contributed by atoms with van der Waals surface area (Å²) in [6.07, 6.45) is 0.122. The second-order valence-corrected chi connectivity index (χ2v) is 3.52. The molecule has 0 aromatic carbocycles. The molecule has 1 heterocycles. The molecule has 1 N–H and O–H groups in total. The van der Waals surface area contributed by atoms with E-state index in [2.05, 4.69) is 0 Å². The lowest BCUT2D eigenvalue weighted by molar-refractivity contribution is -0.177. The summed E-state index contributed by atoms with van der Waals surface area (Å²) in [5, 5.41) is 9.62. The van der Waals surface area contributed by atoms with Crippen LogP contribution in [0, 0.1) is 11.8 Å². The lowest BCUT2D eigenvalue weighted by Gasteiger charge is -2.35. The highest BCUT2D eigenvalue weighted by Crippen LogP contribution is 2.27. The fraction of sp³-hybridized carbons (Fsp3) is 0.889. The van der Waals surface area contributed by atoms with Crippen LogP contribution < -0.4 is 0 Å². The van der Waals surface area contributed by atoms with Gasteiger partial charge in [0.25, 0.3) is 0 Å². The molecule has 0 bridgehead atoms. The van der Waals surface area contributed by atoms with E-state index >= 15 is 0 Å². The summed E-state index contributed by atoms with van der Waals surface area (Å²) in [6.45, 7) is 5.58. The van der Waals surface area contributed by atoms with Crippen LogP contribution >= 0.6 is 0 Å². The zero-order valence-corrected chi connectivity index (χ0v) is 7.78. The minimum absolute atomic E-state index is 0.0581. The van der Waals surface area contributed by atoms with Gasteiger partial charge in [-0.25, -0.2) is 0 Å². The van der Waals surface area contributed by atoms with Crippen molar-refractivity contribution in [3.63, 3.8) is 0 Å². The minimum atomic E-state index is -0.545. The predicted molar refractivity (Wildman–Crippen MR) is 44.5 cm³/mol. The van der Waals surface area contributed by atoms with Crippen molar-refractivity contribution in [1.29, 1.82) is 0 Å². The Hall–Kier alpha value is -0.570. The van der Waals surface area contributed by atoms with Gasteiger partial charge in [0.05, 0.1) is 12.0 Å². The van der Waals surface area contributed by atoms with Crippen molar-refractivity contribution in [3.8, 4) is 0 Å². The van der Waals surface area contributed by atoms with E-state index in [1.165, 1.54) is 0 Å². The normalized spacial score (nSPS) is 42.5. The Balaban J connectivity index is 2.70. The summed E-state index contributed by atoms with van der Waals surface area (Å²) >= 11 is 0. The van der Waals surface area contributed by atoms with E-state index < -0.39 is 6.10 Å². The molecule has 1 rings (SSSR count). The molecule has 1 fully saturated rings. The van der Waals surface area contributed by atoms with Crippen molar-refractivity contribution in [3.05, 3.63) is 0 Å². The van der Waals surface area contributed by atoms with Crippen LogP contribution in [-0.4, -0.2) is 23.3 Å². The van der Waals surface area contributed by atoms with Gasteiger partial charge >= 0.3 is 5.97 Å². The molecule has 1 aliphatic rings. The van der Waals surface area contributed by atoms with Gasteiger partial charge in [0.2, 0.25) is 0 Å². The first-order valence-electron chi connectivity index (χ1n) is 4.46. The molecule has 3 heteroatoms. The summed E-state index contributed by atoms with van der Waals surface area (Å²) in [5.41, 5.74) is 0. The molecule has 0 unspecified atom stereocenters. The Morgan fingerprint density at radius 3 is 2.58 bits per heavy atom. The Bertz CT molecular complexity index is 177. The van der Waals surface area contributed by atoms with Gasteiger partial charge in [-0.2, -0.15) is 0 Å². The zero-order valence-electron chi connectivity index (χ0n) is 7.78. The van der Waals surface area contributed by atoms with E-state index in [1.807, 2.05) is 13.8 Å². The summed E-state index contributed by atoms with van der Waals surface area (Å²) < 4.78 is 5.13. The SMILES string of the molecule is CC[C@H]1OC(=O)[C@@H](C)[C@@H](O)[C@H]1C. The molecule has 70 valence electrons. The van der Waals surface area contributed by atoms with E-state index in [4.69, 9.17) is 4.74 Å². The van der Waals surface area contributed by atoms with E-state index in [9.17, 15) is 9.90 Å². The van der Waals surface area contributed by atoms with Gasteiger partial charge in [0, 0.05) is 5.92 Å². The van der Waals surface area contributed by atoms with E-state index in [-0.39, 0.29) is 23.9 Å². The highest BCUT2D eigenvalue weighted by Gasteiger charge is 2.39. The first-order chi connectivity index (χ1) is 5.57. The number of ether oxygens (including phenoxy) is 1. The van der Waals surface area contributed by atoms with Crippen LogP contribution in [0.3, 0.4) is 0 Å². The van der Waals surface area contributed by atoms with E-state index in [0.29, 0.717) is 0 Å². The summed E-state index contributed by atoms with van der Waals surface area (Å²) in [7, 11) is 0. The van der Waals surface area contributed by atoms with Gasteiger partial charge in [0.1, 0.15) is 6.10 Å². The number of hydrogen-bond donors (Lipinski definition) is 1. The highest BCUT2D eigenvalue weighted by molar-refractivity contribution is 5.73. The van der Waals surface area contributed by atoms with Gasteiger partial charge in [-0.15, -0.1) is 0 Å². The molecule has 0 aliphatic carbocycles. The molecule has 12 heavy (non-hydrogen) atoms. The number of esters is 1. The van der Waals surface area contributed by atoms with Crippen molar-refractivity contribution >= 4 is 5.97 Å². The quantitative estimate of drug-likeness (QED) is 0.599. The Morgan fingerprint density at radius 2 is 2.08 bits per heavy atom. The smallest absolute Gasteiger partial charge is 0.311 e. The molecule has 1 saturated heterocycles. The number of aliphatic hydroxyl groups is 1. The fourth-order valence-electron chi connectivity index (χ4n) is 1.63. The van der Waals surface area contributed by atoms with Crippen LogP contribution in [0.2, 0.25) is 0 Å². The number of cyclic esters (lactones) is 1. The van der Waals surface area contributed by atoms with E-state index in [0.717, 1.165) is 6.42 Å². The molecule has 0 radical (unpaired) electrons. The average molecular weight is 172 g/mol. The van der Waals surface area contributed by atoms with Crippen LogP contribution in [0.15, 0.2) is 0 Å². The maximum Gasteiger partial charge on any atom is 0.311 e. The maximum absolute atomic E-state index is 11.1. The molecule has 0 spiro atoms. The van der Waals surface area contributed by atoms with Crippen LogP contribution in [0.4, 0.5) is 0 Å². The Kier molecular flexibility index (Phi) is 2.73. The van der Waals surface area contributed by atoms with E-state index in [1.54, 1.807) is 6.92 Å². The van der Waals surface area contributed by atoms with Crippen molar-refractivity contribution < 1.29 is 14.6 Å². The molecule has 3 nitrogen and oxygen atoms in total. The van der Waals surface area contributed by atoms with Gasteiger partial charge in [-0.3, -0.25) is 4.79 Å². The van der Waals surface area contributed by atoms with Crippen molar-refractivity contribution in [2.75, 3.05) is 0 Å². The highest BCUT2D eigenvalue weighted by atomic mass is 16.5. The first kappa shape index (κ1) is 9.52. The topological polar surface area (TPSA) is 46.5 Å². The second kappa shape index (κ2) is 3.44. The number of carbonyl (C=O) groups excluding carboxylic acids is 1. The lowest BCUT2D eigenvalue weighted by Crippen LogP contribution is -2.46. The Labute approximate surface area is 72.7 Å². The Morgan fingerprint density at radius 1 is 1.50 bits per heavy atom. The molecule has 1 aliphatic heterocycles. The largest absolute Gasteiger partial charge is 0.462 e. The van der Waals surface area contributed by atoms with Gasteiger partial charge in [-0.05, 0) is 13.3 Å². The zero-order chi connectivity index (χ0) is 9.30.